The Kier molecular flexibility index (Phi) is 3.06. The lowest BCUT2D eigenvalue weighted by atomic mass is 9.91. The molecule has 1 heterocycles. The van der Waals surface area contributed by atoms with E-state index < -0.39 is 0 Å². The third-order valence-electron chi connectivity index (χ3n) is 3.58. The lowest BCUT2D eigenvalue weighted by molar-refractivity contribution is -0.136. The monoisotopic (exact) mass is 196 g/mol. The summed E-state index contributed by atoms with van der Waals surface area (Å²) in [5, 5.41) is 3.31. The van der Waals surface area contributed by atoms with Gasteiger partial charge in [-0.15, -0.1) is 0 Å². The smallest absolute Gasteiger partial charge is 0.239 e. The lowest BCUT2D eigenvalue weighted by Gasteiger charge is -2.37. The van der Waals surface area contributed by atoms with Crippen molar-refractivity contribution in [2.24, 2.45) is 0 Å². The lowest BCUT2D eigenvalue weighted by Crippen LogP contribution is -2.51. The van der Waals surface area contributed by atoms with Gasteiger partial charge in [0.2, 0.25) is 5.91 Å². The first kappa shape index (κ1) is 9.97. The quantitative estimate of drug-likeness (QED) is 0.718. The molecule has 0 spiro atoms. The molecule has 2 rings (SSSR count). The number of amides is 1. The van der Waals surface area contributed by atoms with Crippen molar-refractivity contribution >= 4 is 5.91 Å². The van der Waals surface area contributed by atoms with Crippen molar-refractivity contribution in [3.8, 4) is 0 Å². The Morgan fingerprint density at radius 2 is 2.00 bits per heavy atom. The minimum atomic E-state index is 0.106. The van der Waals surface area contributed by atoms with Crippen LogP contribution in [0.4, 0.5) is 0 Å². The highest BCUT2D eigenvalue weighted by atomic mass is 16.2. The van der Waals surface area contributed by atoms with Gasteiger partial charge in [-0.3, -0.25) is 4.79 Å². The van der Waals surface area contributed by atoms with E-state index in [-0.39, 0.29) is 6.04 Å². The molecule has 1 N–H and O–H groups in total. The first-order valence-corrected chi connectivity index (χ1v) is 5.79. The van der Waals surface area contributed by atoms with Gasteiger partial charge in [0.25, 0.3) is 0 Å². The van der Waals surface area contributed by atoms with Gasteiger partial charge in [-0.2, -0.15) is 0 Å². The molecule has 3 nitrogen and oxygen atoms in total. The second kappa shape index (κ2) is 4.30. The van der Waals surface area contributed by atoms with Crippen LogP contribution >= 0.6 is 0 Å². The second-order valence-electron chi connectivity index (χ2n) is 4.54. The number of nitrogens with one attached hydrogen (secondary N) is 1. The number of carbonyl (C=O) groups is 1. The van der Waals surface area contributed by atoms with Crippen LogP contribution < -0.4 is 5.32 Å². The first-order chi connectivity index (χ1) is 6.79. The molecule has 1 saturated carbocycles. The molecule has 2 aliphatic rings. The zero-order chi connectivity index (χ0) is 9.97. The molecule has 0 aromatic rings. The van der Waals surface area contributed by atoms with E-state index in [0.29, 0.717) is 11.9 Å². The van der Waals surface area contributed by atoms with Crippen LogP contribution in [0.25, 0.3) is 0 Å². The summed E-state index contributed by atoms with van der Waals surface area (Å²) in [4.78, 5) is 14.0. The molecule has 0 bridgehead atoms. The maximum Gasteiger partial charge on any atom is 0.239 e. The third kappa shape index (κ3) is 1.92. The molecule has 3 heteroatoms. The molecule has 0 unspecified atom stereocenters. The van der Waals surface area contributed by atoms with E-state index in [0.717, 1.165) is 13.0 Å². The van der Waals surface area contributed by atoms with Crippen LogP contribution in [-0.4, -0.2) is 36.5 Å². The summed E-state index contributed by atoms with van der Waals surface area (Å²) >= 11 is 0. The van der Waals surface area contributed by atoms with E-state index in [2.05, 4.69) is 5.32 Å². The molecule has 1 saturated heterocycles. The minimum absolute atomic E-state index is 0.106. The summed E-state index contributed by atoms with van der Waals surface area (Å²) < 4.78 is 0. The second-order valence-corrected chi connectivity index (χ2v) is 4.54. The molecule has 14 heavy (non-hydrogen) atoms. The van der Waals surface area contributed by atoms with Crippen LogP contribution in [0.3, 0.4) is 0 Å². The highest BCUT2D eigenvalue weighted by molar-refractivity contribution is 5.82. The molecular weight excluding hydrogens is 176 g/mol. The molecule has 1 aliphatic carbocycles. The molecule has 80 valence electrons. The maximum absolute atomic E-state index is 12.0. The molecule has 1 aliphatic heterocycles. The Balaban J connectivity index is 1.85. The largest absolute Gasteiger partial charge is 0.341 e. The topological polar surface area (TPSA) is 32.3 Å². The highest BCUT2D eigenvalue weighted by Crippen LogP contribution is 2.24. The zero-order valence-electron chi connectivity index (χ0n) is 8.96. The standard InChI is InChI=1S/C11H20N2O/c1-13(9-5-4-6-9)11(14)10-7-2-3-8-12-10/h9-10,12H,2-8H2,1H3/t10-/m0/s1. The van der Waals surface area contributed by atoms with E-state index >= 15 is 0 Å². The van der Waals surface area contributed by atoms with Gasteiger partial charge >= 0.3 is 0 Å². The number of likely N-dealkylation sites (N-methyl/N-ethyl adjacent to an activating group) is 1. The number of hydrogen-bond acceptors (Lipinski definition) is 2. The van der Waals surface area contributed by atoms with Crippen molar-refractivity contribution in [1.29, 1.82) is 0 Å². The van der Waals surface area contributed by atoms with Gasteiger partial charge in [0.05, 0.1) is 6.04 Å². The molecule has 0 aromatic heterocycles. The Hall–Kier alpha value is -0.570. The Morgan fingerprint density at radius 1 is 1.21 bits per heavy atom. The zero-order valence-corrected chi connectivity index (χ0v) is 8.96. The Morgan fingerprint density at radius 3 is 2.50 bits per heavy atom. The van der Waals surface area contributed by atoms with Crippen molar-refractivity contribution in [2.75, 3.05) is 13.6 Å². The van der Waals surface area contributed by atoms with Crippen LogP contribution in [0.2, 0.25) is 0 Å². The van der Waals surface area contributed by atoms with E-state index in [1.165, 1.54) is 32.1 Å². The normalized spacial score (nSPS) is 28.2. The molecule has 0 radical (unpaired) electrons. The van der Waals surface area contributed by atoms with E-state index in [4.69, 9.17) is 0 Å². The van der Waals surface area contributed by atoms with Crippen molar-refractivity contribution in [1.82, 2.24) is 10.2 Å². The molecule has 1 amide bonds. The molecule has 2 fully saturated rings. The fraction of sp³-hybridized carbons (Fsp3) is 0.909. The van der Waals surface area contributed by atoms with Gasteiger partial charge in [0, 0.05) is 13.1 Å². The Labute approximate surface area is 85.8 Å². The van der Waals surface area contributed by atoms with E-state index in [1.807, 2.05) is 11.9 Å². The summed E-state index contributed by atoms with van der Waals surface area (Å²) in [6, 6.07) is 0.639. The van der Waals surface area contributed by atoms with Crippen molar-refractivity contribution in [3.63, 3.8) is 0 Å². The maximum atomic E-state index is 12.0. The number of nitrogens with zero attached hydrogens (tertiary/aromatic N) is 1. The minimum Gasteiger partial charge on any atom is -0.341 e. The van der Waals surface area contributed by atoms with Crippen LogP contribution in [0.5, 0.6) is 0 Å². The van der Waals surface area contributed by atoms with Crippen LogP contribution in [-0.2, 0) is 4.79 Å². The summed E-state index contributed by atoms with van der Waals surface area (Å²) in [6.07, 6.45) is 7.14. The van der Waals surface area contributed by atoms with Crippen molar-refractivity contribution in [2.45, 2.75) is 50.6 Å². The fourth-order valence-electron chi connectivity index (χ4n) is 2.26. The van der Waals surface area contributed by atoms with Gasteiger partial charge in [-0.25, -0.2) is 0 Å². The van der Waals surface area contributed by atoms with Gasteiger partial charge in [0.15, 0.2) is 0 Å². The predicted octanol–water partition coefficient (Wildman–Crippen LogP) is 1.14. The first-order valence-electron chi connectivity index (χ1n) is 5.79. The average Bonchev–Trinajstić information content (AvgIpc) is 2.15. The molecule has 0 aromatic carbocycles. The average molecular weight is 196 g/mol. The highest BCUT2D eigenvalue weighted by Gasteiger charge is 2.30. The summed E-state index contributed by atoms with van der Waals surface area (Å²) in [7, 11) is 1.96. The number of hydrogen-bond donors (Lipinski definition) is 1. The SMILES string of the molecule is CN(C(=O)[C@@H]1CCCCN1)C1CCC1. The predicted molar refractivity (Wildman–Crippen MR) is 56.1 cm³/mol. The van der Waals surface area contributed by atoms with Crippen LogP contribution in [0.15, 0.2) is 0 Å². The fourth-order valence-corrected chi connectivity index (χ4v) is 2.26. The van der Waals surface area contributed by atoms with Gasteiger partial charge < -0.3 is 10.2 Å². The third-order valence-corrected chi connectivity index (χ3v) is 3.58. The van der Waals surface area contributed by atoms with E-state index in [1.54, 1.807) is 0 Å². The van der Waals surface area contributed by atoms with Gasteiger partial charge in [-0.05, 0) is 38.6 Å². The molecular formula is C11H20N2O. The number of rotatable bonds is 2. The van der Waals surface area contributed by atoms with Crippen LogP contribution in [0, 0.1) is 0 Å². The Bertz CT molecular complexity index is 203. The van der Waals surface area contributed by atoms with Crippen molar-refractivity contribution < 1.29 is 4.79 Å². The number of piperidine rings is 1. The summed E-state index contributed by atoms with van der Waals surface area (Å²) in [6.45, 7) is 1.01. The van der Waals surface area contributed by atoms with E-state index in [9.17, 15) is 4.79 Å². The van der Waals surface area contributed by atoms with Crippen molar-refractivity contribution in [3.05, 3.63) is 0 Å². The van der Waals surface area contributed by atoms with Crippen LogP contribution in [0.1, 0.15) is 38.5 Å². The van der Waals surface area contributed by atoms with Gasteiger partial charge in [-0.1, -0.05) is 6.42 Å². The molecule has 1 atom stereocenters. The summed E-state index contributed by atoms with van der Waals surface area (Å²) in [5.41, 5.74) is 0. The van der Waals surface area contributed by atoms with Gasteiger partial charge in [0.1, 0.15) is 0 Å². The number of carbonyl (C=O) groups excluding carboxylic acids is 1. The summed E-state index contributed by atoms with van der Waals surface area (Å²) in [5.74, 6) is 0.314.